The topological polar surface area (TPSA) is 62.9 Å². The quantitative estimate of drug-likeness (QED) is 0.385. The number of nitrogens with zero attached hydrogens (tertiary/aromatic N) is 2. The first-order valence-electron chi connectivity index (χ1n) is 9.49. The van der Waals surface area contributed by atoms with Crippen molar-refractivity contribution >= 4 is 41.3 Å². The van der Waals surface area contributed by atoms with Crippen LogP contribution < -0.4 is 16.0 Å². The average molecular weight is 496 g/mol. The number of hydrogen-bond acceptors (Lipinski definition) is 3. The number of aliphatic imine (C=N–C) groups is 1. The molecule has 0 aromatic heterocycles. The molecule has 2 aliphatic rings. The summed E-state index contributed by atoms with van der Waals surface area (Å²) in [6.45, 7) is 3.29. The number of aryl methyl sites for hydroxylation is 2. The lowest BCUT2D eigenvalue weighted by molar-refractivity contribution is 0.122. The van der Waals surface area contributed by atoms with Gasteiger partial charge in [0.25, 0.3) is 0 Å². The average Bonchev–Trinajstić information content (AvgIpc) is 3.15. The van der Waals surface area contributed by atoms with Crippen molar-refractivity contribution in [1.29, 1.82) is 0 Å². The molecule has 0 bridgehead atoms. The fourth-order valence-electron chi connectivity index (χ4n) is 3.80. The van der Waals surface area contributed by atoms with E-state index in [0.29, 0.717) is 25.7 Å². The molecule has 0 atom stereocenters. The first-order valence-corrected chi connectivity index (χ1v) is 9.49. The highest BCUT2D eigenvalue weighted by molar-refractivity contribution is 14.0. The van der Waals surface area contributed by atoms with E-state index in [4.69, 9.17) is 10.5 Å². The van der Waals surface area contributed by atoms with Gasteiger partial charge in [0.15, 0.2) is 5.96 Å². The number of fused-ring (bicyclic) bond motifs is 1. The second kappa shape index (κ2) is 9.56. The SMILES string of the molecule is I.NC(=NCc1cc(F)ccc1N1CCOCC1)Nc1ccc2c(c1)CCC2. The van der Waals surface area contributed by atoms with E-state index in [9.17, 15) is 4.39 Å². The Hall–Kier alpha value is -1.87. The van der Waals surface area contributed by atoms with Crippen LogP contribution in [0.5, 0.6) is 0 Å². The molecule has 0 unspecified atom stereocenters. The van der Waals surface area contributed by atoms with Gasteiger partial charge >= 0.3 is 0 Å². The molecule has 2 aromatic carbocycles. The molecule has 0 amide bonds. The number of anilines is 2. The smallest absolute Gasteiger partial charge is 0.193 e. The van der Waals surface area contributed by atoms with E-state index >= 15 is 0 Å². The van der Waals surface area contributed by atoms with Crippen LogP contribution in [0.1, 0.15) is 23.1 Å². The molecule has 0 saturated carbocycles. The standard InChI is InChI=1S/C21H25FN4O.HI/c22-18-5-7-20(26-8-10-27-11-9-26)17(12-18)14-24-21(23)25-19-6-4-15-2-1-3-16(15)13-19;/h4-7,12-13H,1-3,8-11,14H2,(H3,23,24,25);1H. The number of guanidine groups is 1. The Kier molecular flexibility index (Phi) is 7.12. The summed E-state index contributed by atoms with van der Waals surface area (Å²) < 4.78 is 19.2. The van der Waals surface area contributed by atoms with E-state index < -0.39 is 0 Å². The third kappa shape index (κ3) is 4.94. The number of rotatable bonds is 4. The van der Waals surface area contributed by atoms with Gasteiger partial charge in [-0.25, -0.2) is 9.38 Å². The van der Waals surface area contributed by atoms with Gasteiger partial charge in [0, 0.05) is 24.5 Å². The zero-order chi connectivity index (χ0) is 18.6. The van der Waals surface area contributed by atoms with Gasteiger partial charge in [0.1, 0.15) is 5.82 Å². The molecule has 3 N–H and O–H groups in total. The molecular formula is C21H26FIN4O. The number of hydrogen-bond donors (Lipinski definition) is 2. The Bertz CT molecular complexity index is 852. The number of halogens is 2. The van der Waals surface area contributed by atoms with Crippen LogP contribution in [0.4, 0.5) is 15.8 Å². The van der Waals surface area contributed by atoms with Gasteiger partial charge in [0.2, 0.25) is 0 Å². The maximum atomic E-state index is 13.8. The van der Waals surface area contributed by atoms with E-state index in [0.717, 1.165) is 42.9 Å². The summed E-state index contributed by atoms with van der Waals surface area (Å²) in [6, 6.07) is 11.2. The Labute approximate surface area is 182 Å². The zero-order valence-electron chi connectivity index (χ0n) is 15.8. The summed E-state index contributed by atoms with van der Waals surface area (Å²) >= 11 is 0. The Balaban J connectivity index is 0.00000225. The summed E-state index contributed by atoms with van der Waals surface area (Å²) in [7, 11) is 0. The van der Waals surface area contributed by atoms with Gasteiger partial charge in [-0.2, -0.15) is 0 Å². The van der Waals surface area contributed by atoms with E-state index in [1.807, 2.05) is 12.1 Å². The van der Waals surface area contributed by atoms with E-state index in [-0.39, 0.29) is 29.8 Å². The molecule has 7 heteroatoms. The monoisotopic (exact) mass is 496 g/mol. The summed E-state index contributed by atoms with van der Waals surface area (Å²) in [5, 5.41) is 3.16. The van der Waals surface area contributed by atoms with Gasteiger partial charge in [-0.05, 0) is 66.3 Å². The summed E-state index contributed by atoms with van der Waals surface area (Å²) in [6.07, 6.45) is 3.49. The van der Waals surface area contributed by atoms with Gasteiger partial charge < -0.3 is 20.7 Å². The van der Waals surface area contributed by atoms with Crippen LogP contribution in [0.15, 0.2) is 41.4 Å². The predicted molar refractivity (Wildman–Crippen MR) is 122 cm³/mol. The van der Waals surface area contributed by atoms with E-state index in [1.54, 1.807) is 0 Å². The molecular weight excluding hydrogens is 470 g/mol. The van der Waals surface area contributed by atoms with Crippen molar-refractivity contribution in [2.75, 3.05) is 36.5 Å². The number of nitrogens with two attached hydrogens (primary N) is 1. The second-order valence-corrected chi connectivity index (χ2v) is 7.04. The summed E-state index contributed by atoms with van der Waals surface area (Å²) in [5.41, 5.74) is 11.7. The minimum atomic E-state index is -0.262. The Morgan fingerprint density at radius 3 is 2.71 bits per heavy atom. The minimum absolute atomic E-state index is 0. The molecule has 1 heterocycles. The normalized spacial score (nSPS) is 16.5. The molecule has 0 radical (unpaired) electrons. The molecule has 5 nitrogen and oxygen atoms in total. The number of benzene rings is 2. The van der Waals surface area contributed by atoms with Gasteiger partial charge in [-0.3, -0.25) is 0 Å². The summed E-state index contributed by atoms with van der Waals surface area (Å²) in [4.78, 5) is 6.64. The number of nitrogens with one attached hydrogen (secondary N) is 1. The third-order valence-corrected chi connectivity index (χ3v) is 5.18. The zero-order valence-corrected chi connectivity index (χ0v) is 18.1. The van der Waals surface area contributed by atoms with E-state index in [2.05, 4.69) is 27.3 Å². The maximum Gasteiger partial charge on any atom is 0.193 e. The first-order chi connectivity index (χ1) is 13.2. The van der Waals surface area contributed by atoms with Crippen LogP contribution in [0.25, 0.3) is 0 Å². The predicted octanol–water partition coefficient (Wildman–Crippen LogP) is 3.70. The van der Waals surface area contributed by atoms with Crippen molar-refractivity contribution in [3.8, 4) is 0 Å². The second-order valence-electron chi connectivity index (χ2n) is 7.04. The van der Waals surface area contributed by atoms with Crippen molar-refractivity contribution in [1.82, 2.24) is 0 Å². The molecule has 1 aliphatic heterocycles. The van der Waals surface area contributed by atoms with Crippen molar-refractivity contribution in [3.05, 3.63) is 58.9 Å². The highest BCUT2D eigenvalue weighted by Crippen LogP contribution is 2.25. The number of ether oxygens (including phenoxy) is 1. The molecule has 28 heavy (non-hydrogen) atoms. The number of morpholine rings is 1. The van der Waals surface area contributed by atoms with Crippen molar-refractivity contribution < 1.29 is 9.13 Å². The Morgan fingerprint density at radius 1 is 1.11 bits per heavy atom. The molecule has 1 saturated heterocycles. The summed E-state index contributed by atoms with van der Waals surface area (Å²) in [5.74, 6) is 0.0764. The fraction of sp³-hybridized carbons (Fsp3) is 0.381. The van der Waals surface area contributed by atoms with Gasteiger partial charge in [-0.15, -0.1) is 24.0 Å². The van der Waals surface area contributed by atoms with Crippen LogP contribution in [0.2, 0.25) is 0 Å². The molecule has 0 spiro atoms. The highest BCUT2D eigenvalue weighted by Gasteiger charge is 2.15. The molecule has 150 valence electrons. The van der Waals surface area contributed by atoms with Crippen molar-refractivity contribution in [3.63, 3.8) is 0 Å². The highest BCUT2D eigenvalue weighted by atomic mass is 127. The lowest BCUT2D eigenvalue weighted by Crippen LogP contribution is -2.36. The van der Waals surface area contributed by atoms with Crippen LogP contribution in [0, 0.1) is 5.82 Å². The van der Waals surface area contributed by atoms with Crippen LogP contribution >= 0.6 is 24.0 Å². The maximum absolute atomic E-state index is 13.8. The van der Waals surface area contributed by atoms with Gasteiger partial charge in [0.05, 0.1) is 19.8 Å². The van der Waals surface area contributed by atoms with E-state index in [1.165, 1.54) is 29.7 Å². The van der Waals surface area contributed by atoms with Crippen LogP contribution in [-0.2, 0) is 24.1 Å². The van der Waals surface area contributed by atoms with Crippen molar-refractivity contribution in [2.45, 2.75) is 25.8 Å². The fourth-order valence-corrected chi connectivity index (χ4v) is 3.80. The molecule has 1 aliphatic carbocycles. The lowest BCUT2D eigenvalue weighted by Gasteiger charge is -2.30. The van der Waals surface area contributed by atoms with Gasteiger partial charge in [-0.1, -0.05) is 6.07 Å². The van der Waals surface area contributed by atoms with Crippen molar-refractivity contribution in [2.24, 2.45) is 10.7 Å². The third-order valence-electron chi connectivity index (χ3n) is 5.18. The Morgan fingerprint density at radius 2 is 1.89 bits per heavy atom. The largest absolute Gasteiger partial charge is 0.378 e. The molecule has 2 aromatic rings. The minimum Gasteiger partial charge on any atom is -0.378 e. The van der Waals surface area contributed by atoms with Crippen LogP contribution in [-0.4, -0.2) is 32.3 Å². The first kappa shape index (κ1) is 20.9. The lowest BCUT2D eigenvalue weighted by atomic mass is 10.1. The van der Waals surface area contributed by atoms with Crippen LogP contribution in [0.3, 0.4) is 0 Å². The molecule has 1 fully saturated rings. The molecule has 4 rings (SSSR count).